The smallest absolute Gasteiger partial charge is 0.265 e. The van der Waals surface area contributed by atoms with Crippen LogP contribution in [0.1, 0.15) is 26.3 Å². The molecule has 3 aromatic rings. The van der Waals surface area contributed by atoms with Crippen LogP contribution < -0.4 is 5.56 Å². The third-order valence-electron chi connectivity index (χ3n) is 5.62. The van der Waals surface area contributed by atoms with Gasteiger partial charge in [-0.3, -0.25) is 14.2 Å². The van der Waals surface area contributed by atoms with Gasteiger partial charge in [-0.15, -0.1) is 0 Å². The molecule has 4 heterocycles. The molecule has 1 fully saturated rings. The Balaban J connectivity index is 1.45. The van der Waals surface area contributed by atoms with E-state index in [0.717, 1.165) is 0 Å². The highest BCUT2D eigenvalue weighted by molar-refractivity contribution is 7.99. The number of ether oxygens (including phenoxy) is 1. The molecule has 2 aromatic heterocycles. The highest BCUT2D eigenvalue weighted by atomic mass is 32.2. The van der Waals surface area contributed by atoms with Crippen molar-refractivity contribution in [2.75, 3.05) is 18.8 Å². The van der Waals surface area contributed by atoms with E-state index >= 15 is 0 Å². The molecular formula is C21H22FN5O3S. The average Bonchev–Trinajstić information content (AvgIpc) is 3.33. The standard InChI is InChI=1S/C21H22FN5O3S/c1-12-9-25(10-13(2)30-12)18(28)7-16-11-31-21-24-19-17(20(29)26(16)21)8-23-27(19)15-5-3-14(22)4-6-15/h3-6,8,12-13,16H,7,9-11H2,1-2H3/t12-,13+,16-/m1/s1. The molecule has 2 aliphatic rings. The van der Waals surface area contributed by atoms with Gasteiger partial charge in [0.1, 0.15) is 11.2 Å². The van der Waals surface area contributed by atoms with Crippen LogP contribution in [-0.2, 0) is 9.53 Å². The van der Waals surface area contributed by atoms with Gasteiger partial charge in [-0.25, -0.2) is 14.1 Å². The van der Waals surface area contributed by atoms with Crippen molar-refractivity contribution in [2.24, 2.45) is 0 Å². The molecule has 1 aromatic carbocycles. The molecule has 0 aliphatic carbocycles. The second-order valence-corrected chi connectivity index (χ2v) is 9.05. The van der Waals surface area contributed by atoms with E-state index in [-0.39, 0.29) is 42.0 Å². The topological polar surface area (TPSA) is 82.3 Å². The first kappa shape index (κ1) is 20.2. The number of carbonyl (C=O) groups excluding carboxylic acids is 1. The van der Waals surface area contributed by atoms with Crippen molar-refractivity contribution in [3.63, 3.8) is 0 Å². The maximum atomic E-state index is 13.3. The molecule has 10 heteroatoms. The Labute approximate surface area is 182 Å². The number of fused-ring (bicyclic) bond motifs is 2. The number of morpholine rings is 1. The van der Waals surface area contributed by atoms with Crippen molar-refractivity contribution in [1.82, 2.24) is 24.2 Å². The van der Waals surface area contributed by atoms with Crippen LogP contribution in [0.5, 0.6) is 0 Å². The lowest BCUT2D eigenvalue weighted by atomic mass is 10.1. The zero-order valence-electron chi connectivity index (χ0n) is 17.2. The molecule has 5 rings (SSSR count). The number of hydrogen-bond acceptors (Lipinski definition) is 6. The van der Waals surface area contributed by atoms with Gasteiger partial charge >= 0.3 is 0 Å². The van der Waals surface area contributed by atoms with Gasteiger partial charge in [-0.05, 0) is 38.1 Å². The molecule has 1 saturated heterocycles. The molecule has 0 spiro atoms. The van der Waals surface area contributed by atoms with E-state index in [2.05, 4.69) is 10.1 Å². The number of amides is 1. The quantitative estimate of drug-likeness (QED) is 0.578. The van der Waals surface area contributed by atoms with Crippen molar-refractivity contribution in [2.45, 2.75) is 43.7 Å². The van der Waals surface area contributed by atoms with Crippen LogP contribution in [0.4, 0.5) is 4.39 Å². The van der Waals surface area contributed by atoms with Gasteiger partial charge in [-0.1, -0.05) is 11.8 Å². The Kier molecular flexibility index (Phi) is 5.05. The minimum Gasteiger partial charge on any atom is -0.372 e. The molecule has 1 amide bonds. The number of benzene rings is 1. The van der Waals surface area contributed by atoms with Crippen LogP contribution in [-0.4, -0.2) is 61.2 Å². The van der Waals surface area contributed by atoms with Crippen LogP contribution in [0.15, 0.2) is 40.4 Å². The zero-order chi connectivity index (χ0) is 21.7. The van der Waals surface area contributed by atoms with Crippen molar-refractivity contribution < 1.29 is 13.9 Å². The fourth-order valence-corrected chi connectivity index (χ4v) is 5.39. The number of halogens is 1. The predicted molar refractivity (Wildman–Crippen MR) is 114 cm³/mol. The lowest BCUT2D eigenvalue weighted by Crippen LogP contribution is -2.48. The van der Waals surface area contributed by atoms with Gasteiger partial charge in [0.15, 0.2) is 10.8 Å². The van der Waals surface area contributed by atoms with Crippen LogP contribution in [0.2, 0.25) is 0 Å². The molecule has 3 atom stereocenters. The Bertz CT molecular complexity index is 1200. The Morgan fingerprint density at radius 1 is 1.23 bits per heavy atom. The van der Waals surface area contributed by atoms with Gasteiger partial charge in [0.25, 0.3) is 5.56 Å². The van der Waals surface area contributed by atoms with Gasteiger partial charge in [0.05, 0.1) is 30.1 Å². The number of nitrogens with zero attached hydrogens (tertiary/aromatic N) is 5. The number of carbonyl (C=O) groups is 1. The monoisotopic (exact) mass is 443 g/mol. The van der Waals surface area contributed by atoms with Gasteiger partial charge < -0.3 is 9.64 Å². The summed E-state index contributed by atoms with van der Waals surface area (Å²) < 4.78 is 22.1. The summed E-state index contributed by atoms with van der Waals surface area (Å²) in [5, 5.41) is 5.24. The Hall–Kier alpha value is -2.72. The van der Waals surface area contributed by atoms with Crippen molar-refractivity contribution in [3.8, 4) is 5.69 Å². The molecular weight excluding hydrogens is 421 g/mol. The van der Waals surface area contributed by atoms with Crippen LogP contribution in [0.3, 0.4) is 0 Å². The second kappa shape index (κ2) is 7.76. The third-order valence-corrected chi connectivity index (χ3v) is 6.72. The van der Waals surface area contributed by atoms with Crippen LogP contribution in [0.25, 0.3) is 16.7 Å². The normalized spacial score (nSPS) is 23.3. The summed E-state index contributed by atoms with van der Waals surface area (Å²) >= 11 is 1.46. The first-order valence-corrected chi connectivity index (χ1v) is 11.2. The van der Waals surface area contributed by atoms with E-state index in [0.29, 0.717) is 40.7 Å². The van der Waals surface area contributed by atoms with Gasteiger partial charge in [-0.2, -0.15) is 5.10 Å². The van der Waals surface area contributed by atoms with Crippen molar-refractivity contribution in [3.05, 3.63) is 46.6 Å². The minimum atomic E-state index is -0.346. The number of thioether (sulfide) groups is 1. The molecule has 0 saturated carbocycles. The van der Waals surface area contributed by atoms with E-state index in [1.165, 1.54) is 34.8 Å². The summed E-state index contributed by atoms with van der Waals surface area (Å²) in [4.78, 5) is 32.6. The molecule has 31 heavy (non-hydrogen) atoms. The molecule has 0 unspecified atom stereocenters. The summed E-state index contributed by atoms with van der Waals surface area (Å²) in [6.45, 7) is 5.04. The van der Waals surface area contributed by atoms with E-state index in [4.69, 9.17) is 4.74 Å². The Morgan fingerprint density at radius 3 is 2.65 bits per heavy atom. The van der Waals surface area contributed by atoms with E-state index in [9.17, 15) is 14.0 Å². The SMILES string of the molecule is C[C@@H]1CN(C(=O)C[C@@H]2CSc3nc4c(cnn4-c4ccc(F)cc4)c(=O)n32)C[C@H](C)O1. The highest BCUT2D eigenvalue weighted by Crippen LogP contribution is 2.34. The minimum absolute atomic E-state index is 0.000691. The lowest BCUT2D eigenvalue weighted by molar-refractivity contribution is -0.143. The van der Waals surface area contributed by atoms with Crippen molar-refractivity contribution in [1.29, 1.82) is 0 Å². The molecule has 0 radical (unpaired) electrons. The number of rotatable bonds is 3. The number of aromatic nitrogens is 4. The molecule has 2 aliphatic heterocycles. The maximum Gasteiger partial charge on any atom is 0.265 e. The first-order chi connectivity index (χ1) is 14.9. The van der Waals surface area contributed by atoms with E-state index in [1.807, 2.05) is 18.7 Å². The van der Waals surface area contributed by atoms with Gasteiger partial charge in [0, 0.05) is 25.3 Å². The fraction of sp³-hybridized carbons (Fsp3) is 0.429. The van der Waals surface area contributed by atoms with Gasteiger partial charge in [0.2, 0.25) is 5.91 Å². The third kappa shape index (κ3) is 3.63. The molecule has 0 bridgehead atoms. The molecule has 8 nitrogen and oxygen atoms in total. The van der Waals surface area contributed by atoms with Crippen LogP contribution in [0, 0.1) is 5.82 Å². The van der Waals surface area contributed by atoms with E-state index < -0.39 is 0 Å². The second-order valence-electron chi connectivity index (χ2n) is 8.06. The first-order valence-electron chi connectivity index (χ1n) is 10.2. The molecule has 0 N–H and O–H groups in total. The Morgan fingerprint density at radius 2 is 1.94 bits per heavy atom. The summed E-state index contributed by atoms with van der Waals surface area (Å²) in [6.07, 6.45) is 1.73. The summed E-state index contributed by atoms with van der Waals surface area (Å²) in [6, 6.07) is 5.61. The lowest BCUT2D eigenvalue weighted by Gasteiger charge is -2.35. The maximum absolute atomic E-state index is 13.3. The van der Waals surface area contributed by atoms with Crippen molar-refractivity contribution >= 4 is 28.7 Å². The summed E-state index contributed by atoms with van der Waals surface area (Å²) in [7, 11) is 0. The zero-order valence-corrected chi connectivity index (χ0v) is 18.0. The highest BCUT2D eigenvalue weighted by Gasteiger charge is 2.33. The molecule has 162 valence electrons. The predicted octanol–water partition coefficient (Wildman–Crippen LogP) is 2.39. The number of hydrogen-bond donors (Lipinski definition) is 0. The van der Waals surface area contributed by atoms with Crippen LogP contribution >= 0.6 is 11.8 Å². The average molecular weight is 444 g/mol. The van der Waals surface area contributed by atoms with E-state index in [1.54, 1.807) is 16.7 Å². The summed E-state index contributed by atoms with van der Waals surface area (Å²) in [5.74, 6) is 0.288. The summed E-state index contributed by atoms with van der Waals surface area (Å²) in [5.41, 5.74) is 0.844. The fourth-order valence-electron chi connectivity index (χ4n) is 4.26. The largest absolute Gasteiger partial charge is 0.372 e.